The molecule has 0 aliphatic carbocycles. The third kappa shape index (κ3) is 3.65. The number of amides is 3. The summed E-state index contributed by atoms with van der Waals surface area (Å²) < 4.78 is 5.11. The number of hydrogen-bond donors (Lipinski definition) is 3. The second-order valence-corrected chi connectivity index (χ2v) is 6.18. The molecule has 2 aromatic rings. The van der Waals surface area contributed by atoms with Crippen LogP contribution in [-0.4, -0.2) is 19.0 Å². The Bertz CT molecular complexity index is 878. The summed E-state index contributed by atoms with van der Waals surface area (Å²) in [6, 6.07) is 13.1. The molecule has 1 heterocycles. The maximum atomic E-state index is 12.9. The molecule has 0 unspecified atom stereocenters. The zero-order valence-corrected chi connectivity index (χ0v) is 15.1. The summed E-state index contributed by atoms with van der Waals surface area (Å²) in [6.45, 7) is 1.69. The summed E-state index contributed by atoms with van der Waals surface area (Å²) in [5.41, 5.74) is 2.15. The maximum absolute atomic E-state index is 12.9. The SMILES string of the molecule is COc1ccc(NC(=O)C2=C(C)NC(=O)N[C@@H]2c2ccccc2Cl)cc1. The van der Waals surface area contributed by atoms with Gasteiger partial charge < -0.3 is 20.7 Å². The van der Waals surface area contributed by atoms with Crippen molar-refractivity contribution in [2.45, 2.75) is 13.0 Å². The van der Waals surface area contributed by atoms with Gasteiger partial charge in [0.1, 0.15) is 5.75 Å². The van der Waals surface area contributed by atoms with Gasteiger partial charge in [-0.3, -0.25) is 4.79 Å². The molecule has 3 amide bonds. The van der Waals surface area contributed by atoms with Gasteiger partial charge >= 0.3 is 6.03 Å². The fraction of sp³-hybridized carbons (Fsp3) is 0.158. The van der Waals surface area contributed by atoms with E-state index in [4.69, 9.17) is 16.3 Å². The van der Waals surface area contributed by atoms with Crippen LogP contribution in [0.2, 0.25) is 5.02 Å². The quantitative estimate of drug-likeness (QED) is 0.768. The fourth-order valence-electron chi connectivity index (χ4n) is 2.81. The topological polar surface area (TPSA) is 79.5 Å². The highest BCUT2D eigenvalue weighted by atomic mass is 35.5. The van der Waals surface area contributed by atoms with E-state index < -0.39 is 6.04 Å². The number of urea groups is 1. The zero-order chi connectivity index (χ0) is 18.7. The number of carbonyl (C=O) groups is 2. The highest BCUT2D eigenvalue weighted by Gasteiger charge is 2.32. The highest BCUT2D eigenvalue weighted by Crippen LogP contribution is 2.32. The molecule has 1 aliphatic heterocycles. The summed E-state index contributed by atoms with van der Waals surface area (Å²) in [5, 5.41) is 8.72. The van der Waals surface area contributed by atoms with E-state index in [0.717, 1.165) is 0 Å². The third-order valence-electron chi connectivity index (χ3n) is 4.08. The number of ether oxygens (including phenoxy) is 1. The van der Waals surface area contributed by atoms with Gasteiger partial charge in [0.2, 0.25) is 0 Å². The normalized spacial score (nSPS) is 16.6. The van der Waals surface area contributed by atoms with Crippen molar-refractivity contribution < 1.29 is 14.3 Å². The van der Waals surface area contributed by atoms with Crippen LogP contribution in [0, 0.1) is 0 Å². The molecule has 3 rings (SSSR count). The standard InChI is InChI=1S/C19H18ClN3O3/c1-11-16(18(24)22-12-7-9-13(26-2)10-8-12)17(23-19(25)21-11)14-5-3-4-6-15(14)20/h3-10,17H,1-2H3,(H,22,24)(H2,21,23,25)/t17-/m1/s1. The van der Waals surface area contributed by atoms with Crippen LogP contribution >= 0.6 is 11.6 Å². The minimum Gasteiger partial charge on any atom is -0.497 e. The summed E-state index contributed by atoms with van der Waals surface area (Å²) in [7, 11) is 1.58. The molecule has 3 N–H and O–H groups in total. The predicted molar refractivity (Wildman–Crippen MR) is 100 cm³/mol. The molecule has 134 valence electrons. The summed E-state index contributed by atoms with van der Waals surface area (Å²) in [4.78, 5) is 24.8. The Morgan fingerprint density at radius 1 is 1.15 bits per heavy atom. The summed E-state index contributed by atoms with van der Waals surface area (Å²) in [6.07, 6.45) is 0. The van der Waals surface area contributed by atoms with Gasteiger partial charge in [-0.1, -0.05) is 29.8 Å². The van der Waals surface area contributed by atoms with Gasteiger partial charge in [0.05, 0.1) is 18.7 Å². The van der Waals surface area contributed by atoms with Gasteiger partial charge in [0.15, 0.2) is 0 Å². The van der Waals surface area contributed by atoms with Crippen LogP contribution in [0.15, 0.2) is 59.8 Å². The molecule has 2 aromatic carbocycles. The Labute approximate surface area is 156 Å². The van der Waals surface area contributed by atoms with Crippen LogP contribution in [0.1, 0.15) is 18.5 Å². The van der Waals surface area contributed by atoms with E-state index in [1.807, 2.05) is 6.07 Å². The lowest BCUT2D eigenvalue weighted by atomic mass is 9.94. The lowest BCUT2D eigenvalue weighted by Crippen LogP contribution is -2.46. The third-order valence-corrected chi connectivity index (χ3v) is 4.42. The van der Waals surface area contributed by atoms with E-state index >= 15 is 0 Å². The molecule has 1 aliphatic rings. The Morgan fingerprint density at radius 2 is 1.85 bits per heavy atom. The van der Waals surface area contributed by atoms with Gasteiger partial charge in [-0.2, -0.15) is 0 Å². The highest BCUT2D eigenvalue weighted by molar-refractivity contribution is 6.31. The van der Waals surface area contributed by atoms with Gasteiger partial charge in [0.25, 0.3) is 5.91 Å². The molecule has 6 nitrogen and oxygen atoms in total. The molecular formula is C19H18ClN3O3. The van der Waals surface area contributed by atoms with Crippen LogP contribution in [0.4, 0.5) is 10.5 Å². The Morgan fingerprint density at radius 3 is 2.50 bits per heavy atom. The molecule has 0 fully saturated rings. The van der Waals surface area contributed by atoms with Crippen molar-refractivity contribution in [3.05, 3.63) is 70.4 Å². The lowest BCUT2D eigenvalue weighted by Gasteiger charge is -2.29. The molecule has 0 saturated carbocycles. The molecular weight excluding hydrogens is 354 g/mol. The van der Waals surface area contributed by atoms with Crippen LogP contribution < -0.4 is 20.7 Å². The summed E-state index contributed by atoms with van der Waals surface area (Å²) in [5.74, 6) is 0.365. The second-order valence-electron chi connectivity index (χ2n) is 5.77. The van der Waals surface area contributed by atoms with Gasteiger partial charge in [0, 0.05) is 16.4 Å². The number of rotatable bonds is 4. The number of allylic oxidation sites excluding steroid dienone is 1. The maximum Gasteiger partial charge on any atom is 0.319 e. The van der Waals surface area contributed by atoms with Crippen LogP contribution in [-0.2, 0) is 4.79 Å². The van der Waals surface area contributed by atoms with E-state index in [1.54, 1.807) is 56.5 Å². The van der Waals surface area contributed by atoms with Crippen molar-refractivity contribution in [1.82, 2.24) is 10.6 Å². The molecule has 1 atom stereocenters. The average Bonchev–Trinajstić information content (AvgIpc) is 2.62. The minimum atomic E-state index is -0.643. The number of nitrogens with one attached hydrogen (secondary N) is 3. The van der Waals surface area contributed by atoms with E-state index in [-0.39, 0.29) is 11.9 Å². The molecule has 0 spiro atoms. The van der Waals surface area contributed by atoms with Gasteiger partial charge in [-0.15, -0.1) is 0 Å². The van der Waals surface area contributed by atoms with Crippen LogP contribution in [0.3, 0.4) is 0 Å². The Balaban J connectivity index is 1.93. The second kappa shape index (κ2) is 7.49. The van der Waals surface area contributed by atoms with E-state index in [0.29, 0.717) is 33.3 Å². The number of halogens is 1. The molecule has 0 radical (unpaired) electrons. The van der Waals surface area contributed by atoms with Crippen molar-refractivity contribution in [2.75, 3.05) is 12.4 Å². The fourth-order valence-corrected chi connectivity index (χ4v) is 3.05. The molecule has 0 bridgehead atoms. The monoisotopic (exact) mass is 371 g/mol. The smallest absolute Gasteiger partial charge is 0.319 e. The van der Waals surface area contributed by atoms with Crippen molar-refractivity contribution in [1.29, 1.82) is 0 Å². The van der Waals surface area contributed by atoms with Gasteiger partial charge in [-0.25, -0.2) is 4.79 Å². The first-order valence-electron chi connectivity index (χ1n) is 7.97. The average molecular weight is 372 g/mol. The number of benzene rings is 2. The van der Waals surface area contributed by atoms with Gasteiger partial charge in [-0.05, 0) is 42.8 Å². The van der Waals surface area contributed by atoms with E-state index in [2.05, 4.69) is 16.0 Å². The van der Waals surface area contributed by atoms with Crippen LogP contribution in [0.5, 0.6) is 5.75 Å². The Kier molecular flexibility index (Phi) is 5.14. The van der Waals surface area contributed by atoms with E-state index in [1.165, 1.54) is 0 Å². The van der Waals surface area contributed by atoms with Crippen LogP contribution in [0.25, 0.3) is 0 Å². The van der Waals surface area contributed by atoms with Crippen molar-refractivity contribution in [2.24, 2.45) is 0 Å². The molecule has 7 heteroatoms. The molecule has 0 aromatic heterocycles. The number of carbonyl (C=O) groups excluding carboxylic acids is 2. The summed E-state index contributed by atoms with van der Waals surface area (Å²) >= 11 is 6.28. The molecule has 26 heavy (non-hydrogen) atoms. The number of anilines is 1. The minimum absolute atomic E-state index is 0.329. The molecule has 0 saturated heterocycles. The largest absolute Gasteiger partial charge is 0.497 e. The number of methoxy groups -OCH3 is 1. The number of hydrogen-bond acceptors (Lipinski definition) is 3. The lowest BCUT2D eigenvalue weighted by molar-refractivity contribution is -0.113. The van der Waals surface area contributed by atoms with Crippen molar-refractivity contribution in [3.63, 3.8) is 0 Å². The Hall–Kier alpha value is -2.99. The zero-order valence-electron chi connectivity index (χ0n) is 14.3. The van der Waals surface area contributed by atoms with E-state index in [9.17, 15) is 9.59 Å². The first-order chi connectivity index (χ1) is 12.5. The van der Waals surface area contributed by atoms with Crippen molar-refractivity contribution in [3.8, 4) is 5.75 Å². The van der Waals surface area contributed by atoms with Crippen molar-refractivity contribution >= 4 is 29.2 Å². The first-order valence-corrected chi connectivity index (χ1v) is 8.35. The predicted octanol–water partition coefficient (Wildman–Crippen LogP) is 3.62. The first kappa shape index (κ1) is 17.8.